The minimum Gasteiger partial charge on any atom is -0.303 e. The summed E-state index contributed by atoms with van der Waals surface area (Å²) in [5.74, 6) is 5.74. The Labute approximate surface area is 324 Å². The van der Waals surface area contributed by atoms with Crippen LogP contribution >= 0.6 is 0 Å². The van der Waals surface area contributed by atoms with E-state index in [0.717, 1.165) is 53.6 Å². The van der Waals surface area contributed by atoms with E-state index in [4.69, 9.17) is 0 Å². The van der Waals surface area contributed by atoms with Gasteiger partial charge in [0.2, 0.25) is 0 Å². The van der Waals surface area contributed by atoms with Crippen LogP contribution in [0, 0.1) is 35.5 Å². The van der Waals surface area contributed by atoms with Gasteiger partial charge in [-0.2, -0.15) is 0 Å². The van der Waals surface area contributed by atoms with E-state index in [1.807, 2.05) is 0 Å². The van der Waals surface area contributed by atoms with Gasteiger partial charge in [0, 0.05) is 76.5 Å². The Bertz CT molecular complexity index is 963. The zero-order chi connectivity index (χ0) is 36.5. The molecule has 0 bridgehead atoms. The van der Waals surface area contributed by atoms with Crippen LogP contribution in [0.1, 0.15) is 144 Å². The van der Waals surface area contributed by atoms with Crippen LogP contribution in [0.15, 0.2) is 0 Å². The van der Waals surface area contributed by atoms with Gasteiger partial charge in [-0.25, -0.2) is 0 Å². The van der Waals surface area contributed by atoms with Crippen molar-refractivity contribution in [3.63, 3.8) is 0 Å². The summed E-state index contributed by atoms with van der Waals surface area (Å²) in [7, 11) is 0. The Balaban J connectivity index is 0.797. The fraction of sp³-hybridized carbons (Fsp3) is 1.00. The van der Waals surface area contributed by atoms with Crippen LogP contribution in [0.25, 0.3) is 0 Å². The maximum absolute atomic E-state index is 2.93. The third-order valence-corrected chi connectivity index (χ3v) is 16.1. The van der Waals surface area contributed by atoms with Gasteiger partial charge >= 0.3 is 0 Å². The van der Waals surface area contributed by atoms with Crippen molar-refractivity contribution >= 4 is 0 Å². The quantitative estimate of drug-likeness (QED) is 0.168. The molecule has 52 heavy (non-hydrogen) atoms. The summed E-state index contributed by atoms with van der Waals surface area (Å²) in [5.41, 5.74) is 0. The molecule has 4 heterocycles. The number of rotatable bonds is 15. The summed E-state index contributed by atoms with van der Waals surface area (Å²) in [4.78, 5) is 16.9. The highest BCUT2D eigenvalue weighted by Gasteiger charge is 2.36. The van der Waals surface area contributed by atoms with Gasteiger partial charge in [-0.3, -0.25) is 19.6 Å². The molecule has 4 saturated heterocycles. The lowest BCUT2D eigenvalue weighted by atomic mass is 9.73. The molecule has 302 valence electrons. The highest BCUT2D eigenvalue weighted by molar-refractivity contribution is 4.90. The maximum Gasteiger partial charge on any atom is 0.0113 e. The van der Waals surface area contributed by atoms with Crippen LogP contribution < -0.4 is 0 Å². The van der Waals surface area contributed by atoms with Crippen molar-refractivity contribution in [2.24, 2.45) is 35.5 Å². The molecule has 6 fully saturated rings. The molecule has 6 nitrogen and oxygen atoms in total. The molecule has 0 amide bonds. The molecule has 0 aromatic rings. The standard InChI is InChI=1S/C46H88N6/c1-37(2)16-22-47-26-20-43(21-27-47)44-8-7-9-46(36-44)52-34-30-50(31-35-52)40(6)11-10-39(5)17-23-48-24-18-42(19-25-48)41-12-14-45(15-13-41)51-32-28-49(29-33-51)38(3)4/h37-46H,7-36H2,1-6H3/t39?,40-,41?,44?,45?,46?/m1/s1. The van der Waals surface area contributed by atoms with E-state index in [2.05, 4.69) is 70.9 Å². The van der Waals surface area contributed by atoms with Crippen LogP contribution in [0.5, 0.6) is 0 Å². The Hall–Kier alpha value is -0.240. The minimum atomic E-state index is 0.713. The predicted molar refractivity (Wildman–Crippen MR) is 223 cm³/mol. The van der Waals surface area contributed by atoms with E-state index in [0.29, 0.717) is 6.04 Å². The molecule has 4 atom stereocenters. The number of piperidine rings is 2. The third kappa shape index (κ3) is 12.1. The summed E-state index contributed by atoms with van der Waals surface area (Å²) < 4.78 is 0. The lowest BCUT2D eigenvalue weighted by Crippen LogP contribution is -2.53. The van der Waals surface area contributed by atoms with Crippen LogP contribution in [0.2, 0.25) is 0 Å². The highest BCUT2D eigenvalue weighted by atomic mass is 15.3. The number of piperazine rings is 2. The molecule has 0 N–H and O–H groups in total. The van der Waals surface area contributed by atoms with E-state index >= 15 is 0 Å². The first-order valence-electron chi connectivity index (χ1n) is 23.6. The number of hydrogen-bond donors (Lipinski definition) is 0. The zero-order valence-electron chi connectivity index (χ0n) is 35.7. The van der Waals surface area contributed by atoms with Crippen molar-refractivity contribution in [3.8, 4) is 0 Å². The van der Waals surface area contributed by atoms with Crippen molar-refractivity contribution in [3.05, 3.63) is 0 Å². The van der Waals surface area contributed by atoms with Crippen molar-refractivity contribution in [2.75, 3.05) is 91.6 Å². The summed E-state index contributed by atoms with van der Waals surface area (Å²) in [6.45, 7) is 33.1. The van der Waals surface area contributed by atoms with Crippen molar-refractivity contribution in [1.82, 2.24) is 29.4 Å². The van der Waals surface area contributed by atoms with Crippen LogP contribution in [0.3, 0.4) is 0 Å². The molecule has 0 aromatic carbocycles. The molecule has 6 heteroatoms. The van der Waals surface area contributed by atoms with E-state index in [1.165, 1.54) is 194 Å². The molecule has 4 aliphatic heterocycles. The predicted octanol–water partition coefficient (Wildman–Crippen LogP) is 8.41. The SMILES string of the molecule is CC(C)CCN1CCC(C2CCCC(N3CCN([C@H](C)CCC(C)CCN4CCC(C5CCC(N6CCN(C(C)C)CC6)CC5)CC4)CC3)C2)CC1. The molecule has 2 saturated carbocycles. The molecule has 6 rings (SSSR count). The van der Waals surface area contributed by atoms with Gasteiger partial charge in [-0.05, 0) is 185 Å². The number of hydrogen-bond acceptors (Lipinski definition) is 6. The molecule has 0 spiro atoms. The Morgan fingerprint density at radius 3 is 1.52 bits per heavy atom. The van der Waals surface area contributed by atoms with Crippen LogP contribution in [-0.2, 0) is 0 Å². The van der Waals surface area contributed by atoms with Gasteiger partial charge in [0.05, 0.1) is 0 Å². The maximum atomic E-state index is 2.93. The Morgan fingerprint density at radius 1 is 0.423 bits per heavy atom. The topological polar surface area (TPSA) is 19.4 Å². The second-order valence-electron chi connectivity index (χ2n) is 20.2. The average molecular weight is 725 g/mol. The zero-order valence-corrected chi connectivity index (χ0v) is 35.7. The normalized spacial score (nSPS) is 32.5. The summed E-state index contributed by atoms with van der Waals surface area (Å²) in [6.07, 6.45) is 23.4. The van der Waals surface area contributed by atoms with Gasteiger partial charge < -0.3 is 9.80 Å². The molecule has 2 aliphatic carbocycles. The van der Waals surface area contributed by atoms with Crippen LogP contribution in [-0.4, -0.2) is 145 Å². The number of likely N-dealkylation sites (tertiary alicyclic amines) is 2. The van der Waals surface area contributed by atoms with Crippen molar-refractivity contribution < 1.29 is 0 Å². The van der Waals surface area contributed by atoms with Crippen LogP contribution in [0.4, 0.5) is 0 Å². The van der Waals surface area contributed by atoms with E-state index in [-0.39, 0.29) is 0 Å². The molecular weight excluding hydrogens is 637 g/mol. The van der Waals surface area contributed by atoms with Gasteiger partial charge in [0.15, 0.2) is 0 Å². The van der Waals surface area contributed by atoms with E-state index in [9.17, 15) is 0 Å². The second-order valence-corrected chi connectivity index (χ2v) is 20.2. The molecular formula is C46H88N6. The second kappa shape index (κ2) is 20.8. The Morgan fingerprint density at radius 2 is 0.942 bits per heavy atom. The fourth-order valence-electron chi connectivity index (χ4n) is 12.1. The van der Waals surface area contributed by atoms with Gasteiger partial charge in [0.25, 0.3) is 0 Å². The fourth-order valence-corrected chi connectivity index (χ4v) is 12.1. The van der Waals surface area contributed by atoms with Crippen molar-refractivity contribution in [2.45, 2.75) is 168 Å². The monoisotopic (exact) mass is 725 g/mol. The van der Waals surface area contributed by atoms with Gasteiger partial charge in [0.1, 0.15) is 0 Å². The first-order valence-corrected chi connectivity index (χ1v) is 23.6. The Kier molecular flexibility index (Phi) is 16.5. The van der Waals surface area contributed by atoms with E-state index in [1.54, 1.807) is 0 Å². The van der Waals surface area contributed by atoms with E-state index < -0.39 is 0 Å². The third-order valence-electron chi connectivity index (χ3n) is 16.1. The molecule has 3 unspecified atom stereocenters. The van der Waals surface area contributed by atoms with Crippen molar-refractivity contribution in [1.29, 1.82) is 0 Å². The lowest BCUT2D eigenvalue weighted by Gasteiger charge is -2.46. The number of nitrogens with zero attached hydrogens (tertiary/aromatic N) is 6. The van der Waals surface area contributed by atoms with Gasteiger partial charge in [-0.1, -0.05) is 33.6 Å². The summed E-state index contributed by atoms with van der Waals surface area (Å²) in [5, 5.41) is 0. The molecule has 0 aromatic heterocycles. The lowest BCUT2D eigenvalue weighted by molar-refractivity contribution is 0.0328. The highest BCUT2D eigenvalue weighted by Crippen LogP contribution is 2.39. The molecule has 6 aliphatic rings. The first kappa shape index (κ1) is 41.4. The first-order chi connectivity index (χ1) is 25.2. The average Bonchev–Trinajstić information content (AvgIpc) is 3.19. The van der Waals surface area contributed by atoms with Gasteiger partial charge in [-0.15, -0.1) is 0 Å². The summed E-state index contributed by atoms with van der Waals surface area (Å²) >= 11 is 0. The smallest absolute Gasteiger partial charge is 0.0113 e. The molecule has 0 radical (unpaired) electrons. The summed E-state index contributed by atoms with van der Waals surface area (Å²) in [6, 6.07) is 3.22. The largest absolute Gasteiger partial charge is 0.303 e. The minimum absolute atomic E-state index is 0.713.